The van der Waals surface area contributed by atoms with E-state index in [9.17, 15) is 9.59 Å². The van der Waals surface area contributed by atoms with E-state index in [1.807, 2.05) is 48.5 Å². The number of benzene rings is 2. The normalized spacial score (nSPS) is 17.6. The van der Waals surface area contributed by atoms with Crippen LogP contribution in [-0.2, 0) is 9.59 Å². The van der Waals surface area contributed by atoms with Crippen LogP contribution >= 0.6 is 23.1 Å². The lowest BCUT2D eigenvalue weighted by Gasteiger charge is -2.27. The van der Waals surface area contributed by atoms with Gasteiger partial charge in [0.05, 0.1) is 27.1 Å². The molecule has 2 heterocycles. The minimum atomic E-state index is -0.481. The van der Waals surface area contributed by atoms with E-state index in [0.29, 0.717) is 5.13 Å². The summed E-state index contributed by atoms with van der Waals surface area (Å²) in [6.07, 6.45) is 0. The van der Waals surface area contributed by atoms with Crippen molar-refractivity contribution in [3.8, 4) is 0 Å². The average Bonchev–Trinajstić information content (AvgIpc) is 3.02. The number of anilines is 2. The van der Waals surface area contributed by atoms with Gasteiger partial charge in [0, 0.05) is 4.90 Å². The first-order valence-corrected chi connectivity index (χ1v) is 9.54. The van der Waals surface area contributed by atoms with Crippen molar-refractivity contribution < 1.29 is 9.59 Å². The van der Waals surface area contributed by atoms with Crippen LogP contribution in [0, 0.1) is 5.92 Å². The molecule has 0 saturated heterocycles. The van der Waals surface area contributed by atoms with Crippen LogP contribution in [0.15, 0.2) is 53.4 Å². The molecule has 0 bridgehead atoms. The number of thiazole rings is 1. The molecule has 2 unspecified atom stereocenters. The van der Waals surface area contributed by atoms with E-state index >= 15 is 0 Å². The Morgan fingerprint density at radius 3 is 2.80 bits per heavy atom. The highest BCUT2D eigenvalue weighted by Crippen LogP contribution is 2.38. The number of thioether (sulfide) groups is 1. The van der Waals surface area contributed by atoms with E-state index in [2.05, 4.69) is 15.6 Å². The number of rotatable bonds is 3. The Bertz CT molecular complexity index is 937. The van der Waals surface area contributed by atoms with Crippen molar-refractivity contribution in [1.29, 1.82) is 0 Å². The first kappa shape index (κ1) is 16.1. The molecule has 25 heavy (non-hydrogen) atoms. The van der Waals surface area contributed by atoms with Crippen molar-refractivity contribution >= 4 is 55.9 Å². The van der Waals surface area contributed by atoms with E-state index in [1.165, 1.54) is 23.1 Å². The van der Waals surface area contributed by atoms with Crippen molar-refractivity contribution in [2.24, 2.45) is 5.92 Å². The minimum Gasteiger partial charge on any atom is -0.324 e. The van der Waals surface area contributed by atoms with Crippen LogP contribution in [0.3, 0.4) is 0 Å². The lowest BCUT2D eigenvalue weighted by Crippen LogP contribution is -2.39. The SMILES string of the molecule is CC(C(=O)Nc1nc2ccccc2s1)C1Sc2ccccc2NC1=O. The van der Waals surface area contributed by atoms with Crippen LogP contribution in [0.1, 0.15) is 6.92 Å². The molecule has 1 aliphatic heterocycles. The molecule has 1 aliphatic rings. The van der Waals surface area contributed by atoms with Gasteiger partial charge in [0.1, 0.15) is 0 Å². The molecule has 0 aliphatic carbocycles. The summed E-state index contributed by atoms with van der Waals surface area (Å²) in [6.45, 7) is 1.77. The number of aromatic nitrogens is 1. The maximum Gasteiger partial charge on any atom is 0.238 e. The van der Waals surface area contributed by atoms with Crippen molar-refractivity contribution in [3.63, 3.8) is 0 Å². The monoisotopic (exact) mass is 369 g/mol. The first-order chi connectivity index (χ1) is 12.1. The number of amides is 2. The molecule has 0 spiro atoms. The average molecular weight is 369 g/mol. The van der Waals surface area contributed by atoms with Crippen molar-refractivity contribution in [2.75, 3.05) is 10.6 Å². The largest absolute Gasteiger partial charge is 0.324 e. The zero-order valence-electron chi connectivity index (χ0n) is 13.4. The molecule has 0 saturated carbocycles. The fourth-order valence-electron chi connectivity index (χ4n) is 2.68. The maximum atomic E-state index is 12.6. The molecule has 0 radical (unpaired) electrons. The number of carbonyl (C=O) groups is 2. The van der Waals surface area contributed by atoms with Gasteiger partial charge in [-0.1, -0.05) is 42.5 Å². The summed E-state index contributed by atoms with van der Waals surface area (Å²) in [5.74, 6) is -0.827. The summed E-state index contributed by atoms with van der Waals surface area (Å²) < 4.78 is 1.02. The van der Waals surface area contributed by atoms with Gasteiger partial charge in [-0.15, -0.1) is 11.8 Å². The summed E-state index contributed by atoms with van der Waals surface area (Å²) in [5.41, 5.74) is 1.65. The molecule has 5 nitrogen and oxygen atoms in total. The van der Waals surface area contributed by atoms with Crippen molar-refractivity contribution in [2.45, 2.75) is 17.1 Å². The molecule has 2 N–H and O–H groups in total. The van der Waals surface area contributed by atoms with E-state index in [-0.39, 0.29) is 11.8 Å². The first-order valence-electron chi connectivity index (χ1n) is 7.85. The second kappa shape index (κ2) is 6.50. The Kier molecular flexibility index (Phi) is 4.19. The van der Waals surface area contributed by atoms with E-state index in [1.54, 1.807) is 6.92 Å². The Balaban J connectivity index is 1.51. The molecule has 126 valence electrons. The van der Waals surface area contributed by atoms with Crippen LogP contribution in [0.25, 0.3) is 10.2 Å². The van der Waals surface area contributed by atoms with Crippen LogP contribution in [0.2, 0.25) is 0 Å². The standard InChI is InChI=1S/C18H15N3O2S2/c1-10(15-17(23)19-11-6-2-4-8-13(11)24-15)16(22)21-18-20-12-7-3-5-9-14(12)25-18/h2-10,15H,1H3,(H,19,23)(H,20,21,22). The van der Waals surface area contributed by atoms with Crippen LogP contribution < -0.4 is 10.6 Å². The van der Waals surface area contributed by atoms with Gasteiger partial charge >= 0.3 is 0 Å². The Morgan fingerprint density at radius 1 is 1.20 bits per heavy atom. The Hall–Kier alpha value is -2.38. The van der Waals surface area contributed by atoms with Crippen LogP contribution in [0.4, 0.5) is 10.8 Å². The van der Waals surface area contributed by atoms with Crippen molar-refractivity contribution in [1.82, 2.24) is 4.98 Å². The Morgan fingerprint density at radius 2 is 1.96 bits per heavy atom. The third-order valence-electron chi connectivity index (χ3n) is 4.05. The topological polar surface area (TPSA) is 71.1 Å². The van der Waals surface area contributed by atoms with Crippen LogP contribution in [-0.4, -0.2) is 22.0 Å². The predicted molar refractivity (Wildman–Crippen MR) is 102 cm³/mol. The zero-order valence-corrected chi connectivity index (χ0v) is 15.0. The quantitative estimate of drug-likeness (QED) is 0.732. The number of para-hydroxylation sites is 2. The van der Waals surface area contributed by atoms with E-state index in [4.69, 9.17) is 0 Å². The molecular weight excluding hydrogens is 354 g/mol. The van der Waals surface area contributed by atoms with Gasteiger partial charge in [-0.3, -0.25) is 9.59 Å². The number of hydrogen-bond acceptors (Lipinski definition) is 5. The van der Waals surface area contributed by atoms with Gasteiger partial charge in [-0.2, -0.15) is 0 Å². The van der Waals surface area contributed by atoms with Gasteiger partial charge in [-0.25, -0.2) is 4.98 Å². The fourth-order valence-corrected chi connectivity index (χ4v) is 4.72. The highest BCUT2D eigenvalue weighted by atomic mass is 32.2. The highest BCUT2D eigenvalue weighted by Gasteiger charge is 2.35. The summed E-state index contributed by atoms with van der Waals surface area (Å²) in [6, 6.07) is 15.3. The molecule has 2 amide bonds. The molecule has 4 rings (SSSR count). The minimum absolute atomic E-state index is 0.143. The predicted octanol–water partition coefficient (Wildman–Crippen LogP) is 3.98. The van der Waals surface area contributed by atoms with Crippen LogP contribution in [0.5, 0.6) is 0 Å². The summed E-state index contributed by atoms with van der Waals surface area (Å²) in [5, 5.41) is 5.81. The lowest BCUT2D eigenvalue weighted by molar-refractivity contribution is -0.123. The molecular formula is C18H15N3O2S2. The van der Waals surface area contributed by atoms with Crippen molar-refractivity contribution in [3.05, 3.63) is 48.5 Å². The van der Waals surface area contributed by atoms with Gasteiger partial charge in [0.25, 0.3) is 0 Å². The van der Waals surface area contributed by atoms with Gasteiger partial charge in [0.2, 0.25) is 11.8 Å². The molecule has 1 aromatic heterocycles. The zero-order chi connectivity index (χ0) is 17.4. The highest BCUT2D eigenvalue weighted by molar-refractivity contribution is 8.01. The Labute approximate surface area is 152 Å². The fraction of sp³-hybridized carbons (Fsp3) is 0.167. The molecule has 7 heteroatoms. The van der Waals surface area contributed by atoms with Gasteiger partial charge < -0.3 is 10.6 Å². The van der Waals surface area contributed by atoms with Gasteiger partial charge in [-0.05, 0) is 24.3 Å². The summed E-state index contributed by atoms with van der Waals surface area (Å²) >= 11 is 2.86. The number of nitrogens with one attached hydrogen (secondary N) is 2. The maximum absolute atomic E-state index is 12.6. The molecule has 3 aromatic rings. The number of hydrogen-bond donors (Lipinski definition) is 2. The number of carbonyl (C=O) groups excluding carboxylic acids is 2. The van der Waals surface area contributed by atoms with Gasteiger partial charge in [0.15, 0.2) is 5.13 Å². The van der Waals surface area contributed by atoms with E-state index in [0.717, 1.165) is 20.8 Å². The molecule has 2 aromatic carbocycles. The second-order valence-electron chi connectivity index (χ2n) is 5.79. The molecule has 0 fully saturated rings. The third-order valence-corrected chi connectivity index (χ3v) is 6.49. The summed E-state index contributed by atoms with van der Waals surface area (Å²) in [4.78, 5) is 30.4. The summed E-state index contributed by atoms with van der Waals surface area (Å²) in [7, 11) is 0. The molecule has 2 atom stereocenters. The second-order valence-corrected chi connectivity index (χ2v) is 8.00. The lowest BCUT2D eigenvalue weighted by atomic mass is 10.1. The number of fused-ring (bicyclic) bond motifs is 2. The smallest absolute Gasteiger partial charge is 0.238 e. The number of nitrogens with zero attached hydrogens (tertiary/aromatic N) is 1. The third kappa shape index (κ3) is 3.12. The van der Waals surface area contributed by atoms with E-state index < -0.39 is 11.2 Å².